The number of aliphatic hydroxyl groups is 1. The minimum atomic E-state index is -3.97. The third-order valence-corrected chi connectivity index (χ3v) is 10.2. The number of aliphatic hydroxyl groups excluding tert-OH is 1. The third kappa shape index (κ3) is 10.6. The summed E-state index contributed by atoms with van der Waals surface area (Å²) in [4.78, 5) is 18.3. The first kappa shape index (κ1) is 38.0. The van der Waals surface area contributed by atoms with Crippen molar-refractivity contribution in [1.82, 2.24) is 9.80 Å². The Morgan fingerprint density at radius 2 is 1.65 bits per heavy atom. The zero-order valence-corrected chi connectivity index (χ0v) is 30.2. The molecule has 1 amide bonds. The number of carbonyl (C=O) groups is 1. The molecule has 0 bridgehead atoms. The predicted molar refractivity (Wildman–Crippen MR) is 190 cm³/mol. The number of amides is 1. The molecule has 1 aliphatic rings. The summed E-state index contributed by atoms with van der Waals surface area (Å²) in [6.07, 6.45) is 2.08. The second kappa shape index (κ2) is 17.7. The predicted octanol–water partition coefficient (Wildman–Crippen LogP) is 5.43. The van der Waals surface area contributed by atoms with Crippen LogP contribution in [0.1, 0.15) is 56.0 Å². The second-order valence-corrected chi connectivity index (χ2v) is 14.5. The standard InChI is InChI=1S/C37H51N3O8S/c1-26-22-40(27(2)25-41)37(42)34-21-30(38-49(43,44)33-17-15-32(46-6)16-18-33)12-19-35(34)48-28(3)9-7-8-20-47-36(26)24-39(4)23-29-10-13-31(45-5)14-11-29/h10-19,21,26-28,36,38,41H,7-9,20,22-25H2,1-6H3/t26-,27-,28+,36+/m1/s1. The Morgan fingerprint density at radius 3 is 2.29 bits per heavy atom. The van der Waals surface area contributed by atoms with Crippen molar-refractivity contribution in [3.05, 3.63) is 77.9 Å². The fraction of sp³-hybridized carbons (Fsp3) is 0.486. The van der Waals surface area contributed by atoms with Crippen molar-refractivity contribution in [3.63, 3.8) is 0 Å². The Labute approximate surface area is 291 Å². The van der Waals surface area contributed by atoms with Gasteiger partial charge in [0.2, 0.25) is 0 Å². The lowest BCUT2D eigenvalue weighted by molar-refractivity contribution is -0.0177. The van der Waals surface area contributed by atoms with Crippen molar-refractivity contribution in [1.29, 1.82) is 0 Å². The summed E-state index contributed by atoms with van der Waals surface area (Å²) in [5, 5.41) is 10.3. The minimum Gasteiger partial charge on any atom is -0.497 e. The van der Waals surface area contributed by atoms with E-state index in [0.717, 1.165) is 30.6 Å². The van der Waals surface area contributed by atoms with Crippen molar-refractivity contribution in [2.45, 2.75) is 69.7 Å². The molecule has 0 fully saturated rings. The largest absolute Gasteiger partial charge is 0.497 e. The van der Waals surface area contributed by atoms with Gasteiger partial charge in [-0.05, 0) is 100 Å². The van der Waals surface area contributed by atoms with Gasteiger partial charge < -0.3 is 29.0 Å². The van der Waals surface area contributed by atoms with Crippen LogP contribution in [0.4, 0.5) is 5.69 Å². The van der Waals surface area contributed by atoms with Gasteiger partial charge in [-0.1, -0.05) is 19.1 Å². The summed E-state index contributed by atoms with van der Waals surface area (Å²) in [6.45, 7) is 7.78. The summed E-state index contributed by atoms with van der Waals surface area (Å²) in [5.41, 5.74) is 1.57. The molecule has 1 heterocycles. The van der Waals surface area contributed by atoms with Crippen LogP contribution in [0, 0.1) is 5.92 Å². The maximum Gasteiger partial charge on any atom is 0.261 e. The number of hydrogen-bond acceptors (Lipinski definition) is 9. The van der Waals surface area contributed by atoms with Gasteiger partial charge in [-0.25, -0.2) is 8.42 Å². The van der Waals surface area contributed by atoms with Crippen LogP contribution in [0.2, 0.25) is 0 Å². The number of rotatable bonds is 11. The van der Waals surface area contributed by atoms with Gasteiger partial charge in [-0.15, -0.1) is 0 Å². The Morgan fingerprint density at radius 1 is 1.00 bits per heavy atom. The van der Waals surface area contributed by atoms with E-state index in [-0.39, 0.29) is 46.8 Å². The van der Waals surface area contributed by atoms with Gasteiger partial charge in [0.1, 0.15) is 17.2 Å². The molecule has 0 saturated heterocycles. The lowest BCUT2D eigenvalue weighted by Gasteiger charge is -2.36. The van der Waals surface area contributed by atoms with Crippen molar-refractivity contribution in [2.75, 3.05) is 52.3 Å². The lowest BCUT2D eigenvalue weighted by Crippen LogP contribution is -2.47. The van der Waals surface area contributed by atoms with Crippen LogP contribution in [-0.4, -0.2) is 95.1 Å². The van der Waals surface area contributed by atoms with Crippen LogP contribution in [0.3, 0.4) is 0 Å². The number of benzene rings is 3. The van der Waals surface area contributed by atoms with Gasteiger partial charge in [0.05, 0.1) is 49.5 Å². The fourth-order valence-electron chi connectivity index (χ4n) is 5.83. The van der Waals surface area contributed by atoms with Crippen LogP contribution < -0.4 is 18.9 Å². The van der Waals surface area contributed by atoms with Gasteiger partial charge in [0.15, 0.2) is 0 Å². The van der Waals surface area contributed by atoms with E-state index in [1.54, 1.807) is 43.2 Å². The van der Waals surface area contributed by atoms with E-state index < -0.39 is 16.1 Å². The first-order chi connectivity index (χ1) is 23.4. The molecule has 49 heavy (non-hydrogen) atoms. The Hall–Kier alpha value is -3.84. The van der Waals surface area contributed by atoms with Crippen molar-refractivity contribution in [3.8, 4) is 17.2 Å². The molecule has 4 atom stereocenters. The molecule has 0 unspecified atom stereocenters. The number of hydrogen-bond donors (Lipinski definition) is 2. The van der Waals surface area contributed by atoms with Gasteiger partial charge in [-0.2, -0.15) is 0 Å². The average Bonchev–Trinajstić information content (AvgIpc) is 3.09. The molecule has 0 saturated carbocycles. The second-order valence-electron chi connectivity index (χ2n) is 12.8. The van der Waals surface area contributed by atoms with Crippen LogP contribution in [0.25, 0.3) is 0 Å². The number of likely N-dealkylation sites (N-methyl/N-ethyl adjacent to an activating group) is 1. The monoisotopic (exact) mass is 697 g/mol. The fourth-order valence-corrected chi connectivity index (χ4v) is 6.88. The summed E-state index contributed by atoms with van der Waals surface area (Å²) in [5.74, 6) is 1.23. The Bertz CT molecular complexity index is 1600. The van der Waals surface area contributed by atoms with E-state index in [1.807, 2.05) is 31.2 Å². The normalized spacial score (nSPS) is 20.1. The number of sulfonamides is 1. The Balaban J connectivity index is 1.62. The van der Waals surface area contributed by atoms with E-state index in [1.165, 1.54) is 25.3 Å². The molecule has 2 N–H and O–H groups in total. The zero-order valence-electron chi connectivity index (χ0n) is 29.4. The number of anilines is 1. The summed E-state index contributed by atoms with van der Waals surface area (Å²) in [7, 11) is 1.24. The molecule has 4 rings (SSSR count). The summed E-state index contributed by atoms with van der Waals surface area (Å²) >= 11 is 0. The van der Waals surface area contributed by atoms with E-state index in [2.05, 4.69) is 23.6 Å². The minimum absolute atomic E-state index is 0.0527. The first-order valence-electron chi connectivity index (χ1n) is 16.8. The smallest absolute Gasteiger partial charge is 0.261 e. The highest BCUT2D eigenvalue weighted by Crippen LogP contribution is 2.30. The third-order valence-electron chi connectivity index (χ3n) is 8.78. The molecule has 1 aliphatic heterocycles. The molecule has 268 valence electrons. The number of nitrogens with zero attached hydrogens (tertiary/aromatic N) is 2. The number of methoxy groups -OCH3 is 2. The molecule has 0 aromatic heterocycles. The van der Waals surface area contributed by atoms with Gasteiger partial charge >= 0.3 is 0 Å². The molecule has 0 aliphatic carbocycles. The highest BCUT2D eigenvalue weighted by Gasteiger charge is 2.31. The average molecular weight is 698 g/mol. The maximum atomic E-state index is 14.4. The topological polar surface area (TPSA) is 127 Å². The number of ether oxygens (including phenoxy) is 4. The molecular weight excluding hydrogens is 646 g/mol. The number of carbonyl (C=O) groups excluding carboxylic acids is 1. The van der Waals surface area contributed by atoms with Crippen LogP contribution in [-0.2, 0) is 21.3 Å². The van der Waals surface area contributed by atoms with Gasteiger partial charge in [0, 0.05) is 37.8 Å². The number of nitrogens with one attached hydrogen (secondary N) is 1. The van der Waals surface area contributed by atoms with Crippen molar-refractivity contribution >= 4 is 21.6 Å². The van der Waals surface area contributed by atoms with Crippen LogP contribution in [0.5, 0.6) is 17.2 Å². The zero-order chi connectivity index (χ0) is 35.6. The van der Waals surface area contributed by atoms with Crippen LogP contribution >= 0.6 is 0 Å². The van der Waals surface area contributed by atoms with E-state index in [9.17, 15) is 18.3 Å². The molecular formula is C37H51N3O8S. The van der Waals surface area contributed by atoms with Crippen molar-refractivity contribution < 1.29 is 37.3 Å². The van der Waals surface area contributed by atoms with E-state index in [4.69, 9.17) is 18.9 Å². The molecule has 0 spiro atoms. The molecule has 3 aromatic carbocycles. The molecule has 0 radical (unpaired) electrons. The Kier molecular flexibility index (Phi) is 13.7. The van der Waals surface area contributed by atoms with Gasteiger partial charge in [0.25, 0.3) is 15.9 Å². The molecule has 12 heteroatoms. The van der Waals surface area contributed by atoms with Crippen molar-refractivity contribution in [2.24, 2.45) is 5.92 Å². The first-order valence-corrected chi connectivity index (χ1v) is 18.2. The molecule has 3 aromatic rings. The summed E-state index contributed by atoms with van der Waals surface area (Å²) < 4.78 is 52.4. The SMILES string of the molecule is COc1ccc(CN(C)C[C@@H]2OCCCC[C@H](C)Oc3ccc(NS(=O)(=O)c4ccc(OC)cc4)cc3C(=O)N([C@H](C)CO)C[C@H]2C)cc1. The lowest BCUT2D eigenvalue weighted by atomic mass is 10.0. The molecule has 11 nitrogen and oxygen atoms in total. The highest BCUT2D eigenvalue weighted by atomic mass is 32.2. The van der Waals surface area contributed by atoms with E-state index >= 15 is 0 Å². The van der Waals surface area contributed by atoms with E-state index in [0.29, 0.717) is 37.7 Å². The quantitative estimate of drug-likeness (QED) is 0.270. The highest BCUT2D eigenvalue weighted by molar-refractivity contribution is 7.92. The summed E-state index contributed by atoms with van der Waals surface area (Å²) in [6, 6.07) is 18.2. The number of fused-ring (bicyclic) bond motifs is 1. The van der Waals surface area contributed by atoms with Gasteiger partial charge in [-0.3, -0.25) is 14.4 Å². The maximum absolute atomic E-state index is 14.4. The van der Waals surface area contributed by atoms with Crippen LogP contribution in [0.15, 0.2) is 71.6 Å².